The summed E-state index contributed by atoms with van der Waals surface area (Å²) in [6.07, 6.45) is 3.17. The van der Waals surface area contributed by atoms with E-state index in [-0.39, 0.29) is 11.8 Å². The molecule has 0 bridgehead atoms. The van der Waals surface area contributed by atoms with Crippen molar-refractivity contribution in [3.63, 3.8) is 0 Å². The van der Waals surface area contributed by atoms with Gasteiger partial charge in [-0.25, -0.2) is 0 Å². The van der Waals surface area contributed by atoms with Crippen molar-refractivity contribution >= 4 is 39.1 Å². The van der Waals surface area contributed by atoms with Gasteiger partial charge in [0.05, 0.1) is 5.69 Å². The highest BCUT2D eigenvalue weighted by Gasteiger charge is 2.25. The number of nitrogens with one attached hydrogen (secondary N) is 1. The van der Waals surface area contributed by atoms with Crippen LogP contribution < -0.4 is 5.32 Å². The Morgan fingerprint density at radius 1 is 1.50 bits per heavy atom. The van der Waals surface area contributed by atoms with Gasteiger partial charge >= 0.3 is 0 Å². The van der Waals surface area contributed by atoms with Crippen molar-refractivity contribution in [2.24, 2.45) is 5.92 Å². The Labute approximate surface area is 108 Å². The average molecular weight is 303 g/mol. The number of aryl methyl sites for hydroxylation is 1. The zero-order valence-electron chi connectivity index (χ0n) is 9.02. The molecule has 1 N–H and O–H groups in total. The van der Waals surface area contributed by atoms with Gasteiger partial charge < -0.3 is 5.32 Å². The molecule has 0 spiro atoms. The zero-order chi connectivity index (χ0) is 11.7. The Morgan fingerprint density at radius 2 is 2.19 bits per heavy atom. The van der Waals surface area contributed by atoms with E-state index < -0.39 is 0 Å². The van der Waals surface area contributed by atoms with Gasteiger partial charge in [-0.1, -0.05) is 18.0 Å². The van der Waals surface area contributed by atoms with Crippen molar-refractivity contribution in [3.05, 3.63) is 27.2 Å². The summed E-state index contributed by atoms with van der Waals surface area (Å²) >= 11 is 9.45. The highest BCUT2D eigenvalue weighted by Crippen LogP contribution is 2.32. The molecular formula is C12H13BrClNO. The lowest BCUT2D eigenvalue weighted by Gasteiger charge is -2.24. The smallest absolute Gasteiger partial charge is 0.227 e. The number of rotatable bonds is 2. The topological polar surface area (TPSA) is 29.1 Å². The molecule has 0 aromatic heterocycles. The summed E-state index contributed by atoms with van der Waals surface area (Å²) < 4.78 is 0.877. The van der Waals surface area contributed by atoms with E-state index >= 15 is 0 Å². The van der Waals surface area contributed by atoms with E-state index in [4.69, 9.17) is 11.6 Å². The van der Waals surface area contributed by atoms with Gasteiger partial charge in [0, 0.05) is 15.4 Å². The number of carbonyl (C=O) groups excluding carboxylic acids is 1. The summed E-state index contributed by atoms with van der Waals surface area (Å²) in [5.74, 6) is 0.291. The second kappa shape index (κ2) is 4.76. The summed E-state index contributed by atoms with van der Waals surface area (Å²) in [6.45, 7) is 1.94. The molecule has 0 saturated heterocycles. The summed E-state index contributed by atoms with van der Waals surface area (Å²) in [4.78, 5) is 11.8. The van der Waals surface area contributed by atoms with Crippen LogP contribution in [-0.2, 0) is 4.79 Å². The van der Waals surface area contributed by atoms with Crippen LogP contribution in [0.25, 0.3) is 0 Å². The van der Waals surface area contributed by atoms with Gasteiger partial charge in [-0.3, -0.25) is 4.79 Å². The Hall–Kier alpha value is -0.540. The summed E-state index contributed by atoms with van der Waals surface area (Å²) in [7, 11) is 0. The van der Waals surface area contributed by atoms with Crippen LogP contribution in [0.1, 0.15) is 24.8 Å². The molecule has 1 amide bonds. The van der Waals surface area contributed by atoms with Gasteiger partial charge in [-0.15, -0.1) is 0 Å². The minimum Gasteiger partial charge on any atom is -0.325 e. The van der Waals surface area contributed by atoms with E-state index in [0.717, 1.165) is 35.0 Å². The highest BCUT2D eigenvalue weighted by atomic mass is 79.9. The lowest BCUT2D eigenvalue weighted by molar-refractivity contribution is -0.122. The molecule has 0 atom stereocenters. The molecule has 86 valence electrons. The molecule has 1 saturated carbocycles. The van der Waals surface area contributed by atoms with Crippen molar-refractivity contribution in [1.82, 2.24) is 0 Å². The van der Waals surface area contributed by atoms with Gasteiger partial charge in [0.25, 0.3) is 0 Å². The summed E-state index contributed by atoms with van der Waals surface area (Å²) in [5.41, 5.74) is 1.75. The summed E-state index contributed by atoms with van der Waals surface area (Å²) in [5, 5.41) is 3.58. The minimum absolute atomic E-state index is 0.104. The Bertz CT molecular complexity index is 429. The number of anilines is 1. The van der Waals surface area contributed by atoms with Crippen LogP contribution in [0.5, 0.6) is 0 Å². The van der Waals surface area contributed by atoms with Crippen molar-refractivity contribution in [3.8, 4) is 0 Å². The first kappa shape index (κ1) is 11.9. The zero-order valence-corrected chi connectivity index (χ0v) is 11.4. The number of halogens is 2. The Balaban J connectivity index is 2.14. The third kappa shape index (κ3) is 2.41. The molecule has 1 aliphatic rings. The van der Waals surface area contributed by atoms with E-state index in [1.165, 1.54) is 0 Å². The maximum atomic E-state index is 11.8. The number of carbonyl (C=O) groups is 1. The first-order chi connectivity index (χ1) is 7.58. The molecule has 0 aliphatic heterocycles. The first-order valence-electron chi connectivity index (χ1n) is 5.34. The number of amides is 1. The van der Waals surface area contributed by atoms with Crippen LogP contribution in [0.4, 0.5) is 5.69 Å². The number of hydrogen-bond acceptors (Lipinski definition) is 1. The third-order valence-electron chi connectivity index (χ3n) is 2.98. The van der Waals surface area contributed by atoms with Crippen LogP contribution >= 0.6 is 27.5 Å². The van der Waals surface area contributed by atoms with Crippen molar-refractivity contribution in [2.45, 2.75) is 26.2 Å². The fraction of sp³-hybridized carbons (Fsp3) is 0.417. The van der Waals surface area contributed by atoms with E-state index in [0.29, 0.717) is 5.02 Å². The highest BCUT2D eigenvalue weighted by molar-refractivity contribution is 9.10. The standard InChI is InChI=1S/C12H13BrClNO/c1-7-5-9(13)11(6-10(7)14)15-12(16)8-3-2-4-8/h5-6,8H,2-4H2,1H3,(H,15,16). The van der Waals surface area contributed by atoms with Crippen molar-refractivity contribution in [1.29, 1.82) is 0 Å². The van der Waals surface area contributed by atoms with Gasteiger partial charge in [-0.05, 0) is 53.4 Å². The van der Waals surface area contributed by atoms with Crippen LogP contribution in [0.15, 0.2) is 16.6 Å². The maximum Gasteiger partial charge on any atom is 0.227 e. The van der Waals surface area contributed by atoms with E-state index in [1.54, 1.807) is 6.07 Å². The van der Waals surface area contributed by atoms with Crippen LogP contribution in [0.3, 0.4) is 0 Å². The normalized spacial score (nSPS) is 15.7. The molecule has 0 heterocycles. The maximum absolute atomic E-state index is 11.8. The molecule has 2 rings (SSSR count). The molecular weight excluding hydrogens is 289 g/mol. The van der Waals surface area contributed by atoms with Gasteiger partial charge in [0.1, 0.15) is 0 Å². The van der Waals surface area contributed by atoms with Crippen LogP contribution in [0, 0.1) is 12.8 Å². The van der Waals surface area contributed by atoms with Crippen molar-refractivity contribution in [2.75, 3.05) is 5.32 Å². The molecule has 16 heavy (non-hydrogen) atoms. The minimum atomic E-state index is 0.104. The van der Waals surface area contributed by atoms with E-state index in [2.05, 4.69) is 21.2 Å². The molecule has 1 fully saturated rings. The quantitative estimate of drug-likeness (QED) is 0.873. The van der Waals surface area contributed by atoms with E-state index in [1.807, 2.05) is 13.0 Å². The Morgan fingerprint density at radius 3 is 2.75 bits per heavy atom. The third-order valence-corrected chi connectivity index (χ3v) is 4.05. The average Bonchev–Trinajstić information content (AvgIpc) is 2.11. The SMILES string of the molecule is Cc1cc(Br)c(NC(=O)C2CCC2)cc1Cl. The summed E-state index contributed by atoms with van der Waals surface area (Å²) in [6, 6.07) is 3.70. The lowest BCUT2D eigenvalue weighted by atomic mass is 9.85. The van der Waals surface area contributed by atoms with Gasteiger partial charge in [-0.2, -0.15) is 0 Å². The largest absolute Gasteiger partial charge is 0.325 e. The Kier molecular flexibility index (Phi) is 3.55. The monoisotopic (exact) mass is 301 g/mol. The van der Waals surface area contributed by atoms with Crippen LogP contribution in [-0.4, -0.2) is 5.91 Å². The number of hydrogen-bond donors (Lipinski definition) is 1. The number of benzene rings is 1. The second-order valence-electron chi connectivity index (χ2n) is 4.20. The van der Waals surface area contributed by atoms with Gasteiger partial charge in [0.2, 0.25) is 5.91 Å². The second-order valence-corrected chi connectivity index (χ2v) is 5.46. The fourth-order valence-electron chi connectivity index (χ4n) is 1.65. The van der Waals surface area contributed by atoms with Crippen LogP contribution in [0.2, 0.25) is 5.02 Å². The molecule has 1 aliphatic carbocycles. The molecule has 1 aromatic carbocycles. The predicted molar refractivity (Wildman–Crippen MR) is 69.9 cm³/mol. The molecule has 4 heteroatoms. The molecule has 0 unspecified atom stereocenters. The fourth-order valence-corrected chi connectivity index (χ4v) is 2.37. The predicted octanol–water partition coefficient (Wildman–Crippen LogP) is 4.15. The first-order valence-corrected chi connectivity index (χ1v) is 6.51. The molecule has 0 radical (unpaired) electrons. The molecule has 1 aromatic rings. The van der Waals surface area contributed by atoms with E-state index in [9.17, 15) is 4.79 Å². The van der Waals surface area contributed by atoms with Crippen molar-refractivity contribution < 1.29 is 4.79 Å². The van der Waals surface area contributed by atoms with Gasteiger partial charge in [0.15, 0.2) is 0 Å². The lowest BCUT2D eigenvalue weighted by Crippen LogP contribution is -2.28. The molecule has 2 nitrogen and oxygen atoms in total.